The third kappa shape index (κ3) is 3.05. The van der Waals surface area contributed by atoms with Crippen molar-refractivity contribution in [2.24, 2.45) is 4.99 Å². The van der Waals surface area contributed by atoms with E-state index in [1.807, 2.05) is 0 Å². The number of thioether (sulfide) groups is 1. The lowest BCUT2D eigenvalue weighted by Gasteiger charge is -2.05. The van der Waals surface area contributed by atoms with E-state index in [-0.39, 0.29) is 11.7 Å². The molecular weight excluding hydrogens is 281 g/mol. The van der Waals surface area contributed by atoms with Gasteiger partial charge in [-0.2, -0.15) is 0 Å². The van der Waals surface area contributed by atoms with Gasteiger partial charge >= 0.3 is 0 Å². The third-order valence-electron chi connectivity index (χ3n) is 2.57. The normalized spacial score (nSPS) is 18.9. The van der Waals surface area contributed by atoms with Crippen LogP contribution in [-0.4, -0.2) is 36.0 Å². The topological polar surface area (TPSA) is 61.8 Å². The number of rotatable bonds is 2. The van der Waals surface area contributed by atoms with Crippen molar-refractivity contribution in [2.75, 3.05) is 19.4 Å². The first-order valence-corrected chi connectivity index (χ1v) is 6.54. The Balaban J connectivity index is 2.09. The summed E-state index contributed by atoms with van der Waals surface area (Å²) in [7, 11) is 3.17. The maximum absolute atomic E-state index is 12.7. The van der Waals surface area contributed by atoms with Crippen molar-refractivity contribution in [3.63, 3.8) is 0 Å². The molecule has 1 fully saturated rings. The van der Waals surface area contributed by atoms with E-state index < -0.39 is 5.91 Å². The molecule has 0 aliphatic carbocycles. The highest BCUT2D eigenvalue weighted by atomic mass is 32.2. The second-order valence-electron chi connectivity index (χ2n) is 3.98. The van der Waals surface area contributed by atoms with E-state index in [4.69, 9.17) is 0 Å². The van der Waals surface area contributed by atoms with Crippen LogP contribution in [0.1, 0.15) is 0 Å². The summed E-state index contributed by atoms with van der Waals surface area (Å²) in [5, 5.41) is 3.10. The molecule has 104 valence electrons. The predicted molar refractivity (Wildman–Crippen MR) is 76.8 cm³/mol. The van der Waals surface area contributed by atoms with Crippen LogP contribution in [0.5, 0.6) is 0 Å². The van der Waals surface area contributed by atoms with Gasteiger partial charge in [0.2, 0.25) is 5.91 Å². The van der Waals surface area contributed by atoms with Gasteiger partial charge in [-0.1, -0.05) is 0 Å². The van der Waals surface area contributed by atoms with Crippen LogP contribution < -0.4 is 5.32 Å². The molecule has 2 amide bonds. The molecule has 7 heteroatoms. The third-order valence-corrected chi connectivity index (χ3v) is 3.72. The first-order valence-electron chi connectivity index (χ1n) is 5.72. The molecule has 5 nitrogen and oxygen atoms in total. The Morgan fingerprint density at radius 1 is 1.40 bits per heavy atom. The van der Waals surface area contributed by atoms with Crippen molar-refractivity contribution in [1.29, 1.82) is 0 Å². The summed E-state index contributed by atoms with van der Waals surface area (Å²) in [4.78, 5) is 29.2. The minimum Gasteiger partial charge on any atom is -0.322 e. The van der Waals surface area contributed by atoms with Crippen molar-refractivity contribution in [3.05, 3.63) is 41.1 Å². The molecule has 1 aromatic rings. The molecule has 0 spiro atoms. The van der Waals surface area contributed by atoms with Crippen LogP contribution in [-0.2, 0) is 9.59 Å². The Morgan fingerprint density at radius 3 is 2.60 bits per heavy atom. The first kappa shape index (κ1) is 14.3. The zero-order valence-electron chi connectivity index (χ0n) is 10.9. The summed E-state index contributed by atoms with van der Waals surface area (Å²) >= 11 is 1.13. The van der Waals surface area contributed by atoms with Gasteiger partial charge in [-0.05, 0) is 36.0 Å². The number of nitrogens with one attached hydrogen (secondary N) is 1. The predicted octanol–water partition coefficient (Wildman–Crippen LogP) is 1.84. The van der Waals surface area contributed by atoms with Gasteiger partial charge in [0.05, 0.1) is 4.91 Å². The molecule has 2 rings (SSSR count). The number of hydrogen-bond donors (Lipinski definition) is 1. The largest absolute Gasteiger partial charge is 0.322 e. The maximum atomic E-state index is 12.7. The summed E-state index contributed by atoms with van der Waals surface area (Å²) in [5.41, 5.74) is 0.460. The Kier molecular flexibility index (Phi) is 4.19. The molecular formula is C13H12FN3O2S. The first-order chi connectivity index (χ1) is 9.51. The van der Waals surface area contributed by atoms with E-state index in [1.54, 1.807) is 14.1 Å². The average Bonchev–Trinajstić information content (AvgIpc) is 2.69. The summed E-state index contributed by atoms with van der Waals surface area (Å²) in [6.07, 6.45) is 1.21. The molecule has 1 saturated heterocycles. The Morgan fingerprint density at radius 2 is 2.05 bits per heavy atom. The van der Waals surface area contributed by atoms with Gasteiger partial charge in [-0.25, -0.2) is 4.39 Å². The molecule has 0 saturated carbocycles. The standard InChI is InChI=1S/C13H12FN3O2S/c1-15-13-17(2)12(19)10(20-13)7-11(18)16-9-5-3-8(14)4-6-9/h3-7H,1-2H3,(H,16,18). The van der Waals surface area contributed by atoms with Crippen molar-refractivity contribution < 1.29 is 14.0 Å². The molecule has 0 radical (unpaired) electrons. The Labute approximate surface area is 119 Å². The molecule has 0 bridgehead atoms. The van der Waals surface area contributed by atoms with E-state index >= 15 is 0 Å². The highest BCUT2D eigenvalue weighted by Crippen LogP contribution is 2.29. The van der Waals surface area contributed by atoms with Gasteiger partial charge in [0.1, 0.15) is 5.82 Å². The molecule has 0 atom stereocenters. The highest BCUT2D eigenvalue weighted by molar-refractivity contribution is 8.18. The number of carbonyl (C=O) groups excluding carboxylic acids is 2. The van der Waals surface area contributed by atoms with Crippen LogP contribution in [0.4, 0.5) is 10.1 Å². The zero-order valence-corrected chi connectivity index (χ0v) is 11.7. The van der Waals surface area contributed by atoms with Gasteiger partial charge in [0.15, 0.2) is 5.17 Å². The van der Waals surface area contributed by atoms with E-state index in [0.29, 0.717) is 15.8 Å². The SMILES string of the molecule is CN=C1SC(=CC(=O)Nc2ccc(F)cc2)C(=O)N1C. The minimum atomic E-state index is -0.446. The van der Waals surface area contributed by atoms with Crippen LogP contribution in [0.25, 0.3) is 0 Å². The maximum Gasteiger partial charge on any atom is 0.266 e. The fourth-order valence-electron chi connectivity index (χ4n) is 1.58. The molecule has 20 heavy (non-hydrogen) atoms. The number of hydrogen-bond acceptors (Lipinski definition) is 4. The summed E-state index contributed by atoms with van der Waals surface area (Å²) < 4.78 is 12.7. The number of amidine groups is 1. The molecule has 1 N–H and O–H groups in total. The number of benzene rings is 1. The zero-order chi connectivity index (χ0) is 14.7. The van der Waals surface area contributed by atoms with E-state index in [9.17, 15) is 14.0 Å². The second-order valence-corrected chi connectivity index (χ2v) is 4.99. The minimum absolute atomic E-state index is 0.273. The molecule has 1 aromatic carbocycles. The van der Waals surface area contributed by atoms with Gasteiger partial charge in [0.25, 0.3) is 5.91 Å². The lowest BCUT2D eigenvalue weighted by molar-refractivity contribution is -0.121. The average molecular weight is 293 g/mol. The van der Waals surface area contributed by atoms with Gasteiger partial charge in [-0.15, -0.1) is 0 Å². The molecule has 1 aliphatic rings. The Bertz CT molecular complexity index is 611. The summed E-state index contributed by atoms with van der Waals surface area (Å²) in [6.45, 7) is 0. The fourth-order valence-corrected chi connectivity index (χ4v) is 2.48. The second kappa shape index (κ2) is 5.87. The van der Waals surface area contributed by atoms with Crippen LogP contribution in [0.3, 0.4) is 0 Å². The smallest absolute Gasteiger partial charge is 0.266 e. The molecule has 0 aromatic heterocycles. The molecule has 0 unspecified atom stereocenters. The molecule has 1 heterocycles. The lowest BCUT2D eigenvalue weighted by Crippen LogP contribution is -2.24. The number of amides is 2. The summed E-state index contributed by atoms with van der Waals surface area (Å²) in [5.74, 6) is -1.10. The van der Waals surface area contributed by atoms with Crippen LogP contribution >= 0.6 is 11.8 Å². The van der Waals surface area contributed by atoms with Gasteiger partial charge < -0.3 is 5.32 Å². The van der Waals surface area contributed by atoms with Crippen molar-refractivity contribution in [1.82, 2.24) is 4.90 Å². The highest BCUT2D eigenvalue weighted by Gasteiger charge is 2.30. The van der Waals surface area contributed by atoms with Crippen LogP contribution in [0.2, 0.25) is 0 Å². The van der Waals surface area contributed by atoms with E-state index in [2.05, 4.69) is 10.3 Å². The van der Waals surface area contributed by atoms with E-state index in [1.165, 1.54) is 35.2 Å². The van der Waals surface area contributed by atoms with Gasteiger partial charge in [-0.3, -0.25) is 19.5 Å². The number of nitrogens with zero attached hydrogens (tertiary/aromatic N) is 2. The van der Waals surface area contributed by atoms with E-state index in [0.717, 1.165) is 11.8 Å². The van der Waals surface area contributed by atoms with Crippen LogP contribution in [0, 0.1) is 5.82 Å². The number of aliphatic imine (C=N–C) groups is 1. The monoisotopic (exact) mass is 293 g/mol. The quantitative estimate of drug-likeness (QED) is 0.846. The van der Waals surface area contributed by atoms with Crippen molar-refractivity contribution in [2.45, 2.75) is 0 Å². The number of carbonyl (C=O) groups is 2. The van der Waals surface area contributed by atoms with Gasteiger partial charge in [0, 0.05) is 25.9 Å². The van der Waals surface area contributed by atoms with Crippen molar-refractivity contribution in [3.8, 4) is 0 Å². The number of anilines is 1. The molecule has 1 aliphatic heterocycles. The van der Waals surface area contributed by atoms with Crippen LogP contribution in [0.15, 0.2) is 40.2 Å². The Hall–Kier alpha value is -2.15. The fraction of sp³-hybridized carbons (Fsp3) is 0.154. The van der Waals surface area contributed by atoms with Crippen molar-refractivity contribution >= 4 is 34.4 Å². The number of likely N-dealkylation sites (N-methyl/N-ethyl adjacent to an activating group) is 1. The lowest BCUT2D eigenvalue weighted by atomic mass is 10.3. The number of halogens is 1. The summed E-state index contributed by atoms with van der Waals surface area (Å²) in [6, 6.07) is 5.38.